The molecular formula is C30H34FN5O3. The summed E-state index contributed by atoms with van der Waals surface area (Å²) in [5.74, 6) is 4.26. The number of methoxy groups -OCH3 is 1. The summed E-state index contributed by atoms with van der Waals surface area (Å²) in [6, 6.07) is 12.1. The zero-order valence-electron chi connectivity index (χ0n) is 22.7. The van der Waals surface area contributed by atoms with Crippen molar-refractivity contribution in [2.45, 2.75) is 69.1 Å². The van der Waals surface area contributed by atoms with Crippen molar-refractivity contribution in [2.75, 3.05) is 13.7 Å². The van der Waals surface area contributed by atoms with Crippen LogP contribution in [0.15, 0.2) is 47.0 Å². The molecule has 0 atom stereocenters. The maximum absolute atomic E-state index is 13.3. The SMILES string of the molecule is CCCCOc1ccc(-c2nnc(C34CCC(c5nc(-c6ccc(F)cc6)no5)(CC3)CC4)n2C)c(OC)c1. The Morgan fingerprint density at radius 3 is 2.38 bits per heavy atom. The van der Waals surface area contributed by atoms with Crippen LogP contribution < -0.4 is 9.47 Å². The number of fused-ring (bicyclic) bond motifs is 3. The second-order valence-electron chi connectivity index (χ2n) is 11.0. The van der Waals surface area contributed by atoms with Crippen LogP contribution >= 0.6 is 0 Å². The number of nitrogens with zero attached hydrogens (tertiary/aromatic N) is 5. The van der Waals surface area contributed by atoms with Crippen molar-refractivity contribution in [2.24, 2.45) is 7.05 Å². The highest BCUT2D eigenvalue weighted by molar-refractivity contribution is 5.66. The molecule has 0 radical (unpaired) electrons. The van der Waals surface area contributed by atoms with Gasteiger partial charge in [-0.2, -0.15) is 4.98 Å². The number of ether oxygens (including phenoxy) is 2. The first-order chi connectivity index (χ1) is 19.0. The summed E-state index contributed by atoms with van der Waals surface area (Å²) < 4.78 is 32.8. The van der Waals surface area contributed by atoms with Gasteiger partial charge in [0.1, 0.15) is 23.1 Å². The second kappa shape index (κ2) is 10.1. The first-order valence-corrected chi connectivity index (χ1v) is 13.8. The highest BCUT2D eigenvalue weighted by atomic mass is 19.1. The van der Waals surface area contributed by atoms with E-state index in [4.69, 9.17) is 24.1 Å². The van der Waals surface area contributed by atoms with Gasteiger partial charge in [0.2, 0.25) is 11.7 Å². The van der Waals surface area contributed by atoms with Crippen LogP contribution in [0.25, 0.3) is 22.8 Å². The van der Waals surface area contributed by atoms with Crippen molar-refractivity contribution < 1.29 is 18.4 Å². The van der Waals surface area contributed by atoms with Gasteiger partial charge in [0.15, 0.2) is 5.82 Å². The largest absolute Gasteiger partial charge is 0.496 e. The van der Waals surface area contributed by atoms with Crippen molar-refractivity contribution in [1.29, 1.82) is 0 Å². The minimum absolute atomic E-state index is 0.0298. The molecule has 2 aromatic heterocycles. The normalized spacial score (nSPS) is 22.3. The second-order valence-corrected chi connectivity index (χ2v) is 11.0. The van der Waals surface area contributed by atoms with Gasteiger partial charge in [-0.05, 0) is 81.3 Å². The molecule has 3 fully saturated rings. The highest BCUT2D eigenvalue weighted by Crippen LogP contribution is 2.58. The average Bonchev–Trinajstić information content (AvgIpc) is 3.63. The summed E-state index contributed by atoms with van der Waals surface area (Å²) in [6.45, 7) is 2.84. The number of benzene rings is 2. The van der Waals surface area contributed by atoms with E-state index in [1.54, 1.807) is 19.2 Å². The summed E-state index contributed by atoms with van der Waals surface area (Å²) in [4.78, 5) is 4.75. The third-order valence-electron chi connectivity index (χ3n) is 8.76. The fourth-order valence-electron chi connectivity index (χ4n) is 6.30. The summed E-state index contributed by atoms with van der Waals surface area (Å²) in [5, 5.41) is 13.6. The summed E-state index contributed by atoms with van der Waals surface area (Å²) >= 11 is 0. The van der Waals surface area contributed by atoms with Crippen LogP contribution in [0, 0.1) is 5.82 Å². The molecule has 4 aromatic rings. The van der Waals surface area contributed by atoms with E-state index in [9.17, 15) is 4.39 Å². The number of hydrogen-bond donors (Lipinski definition) is 0. The Balaban J connectivity index is 1.21. The van der Waals surface area contributed by atoms with Crippen LogP contribution in [0.3, 0.4) is 0 Å². The zero-order chi connectivity index (χ0) is 27.0. The molecule has 39 heavy (non-hydrogen) atoms. The van der Waals surface area contributed by atoms with Crippen molar-refractivity contribution in [1.82, 2.24) is 24.9 Å². The van der Waals surface area contributed by atoms with E-state index in [1.807, 2.05) is 25.2 Å². The van der Waals surface area contributed by atoms with Crippen LogP contribution in [-0.2, 0) is 17.9 Å². The van der Waals surface area contributed by atoms with E-state index in [1.165, 1.54) is 12.1 Å². The van der Waals surface area contributed by atoms with Crippen molar-refractivity contribution in [3.05, 3.63) is 60.0 Å². The summed E-state index contributed by atoms with van der Waals surface area (Å²) in [6.07, 6.45) is 7.90. The Morgan fingerprint density at radius 1 is 0.974 bits per heavy atom. The molecular weight excluding hydrogens is 497 g/mol. The molecule has 3 saturated carbocycles. The fourth-order valence-corrected chi connectivity index (χ4v) is 6.30. The molecule has 2 bridgehead atoms. The first kappa shape index (κ1) is 25.5. The first-order valence-electron chi connectivity index (χ1n) is 13.8. The van der Waals surface area contributed by atoms with Crippen molar-refractivity contribution >= 4 is 0 Å². The van der Waals surface area contributed by atoms with Gasteiger partial charge < -0.3 is 18.6 Å². The average molecular weight is 532 g/mol. The monoisotopic (exact) mass is 531 g/mol. The van der Waals surface area contributed by atoms with Gasteiger partial charge in [0.25, 0.3) is 0 Å². The Labute approximate surface area is 227 Å². The molecule has 8 nitrogen and oxygen atoms in total. The van der Waals surface area contributed by atoms with E-state index in [0.29, 0.717) is 18.3 Å². The Hall–Kier alpha value is -3.75. The Bertz CT molecular complexity index is 1440. The molecule has 204 valence electrons. The van der Waals surface area contributed by atoms with Gasteiger partial charge in [-0.3, -0.25) is 0 Å². The third-order valence-corrected chi connectivity index (χ3v) is 8.76. The topological polar surface area (TPSA) is 88.1 Å². The minimum atomic E-state index is -0.282. The summed E-state index contributed by atoms with van der Waals surface area (Å²) in [7, 11) is 3.72. The lowest BCUT2D eigenvalue weighted by Gasteiger charge is -2.51. The minimum Gasteiger partial charge on any atom is -0.496 e. The van der Waals surface area contributed by atoms with Crippen LogP contribution in [0.2, 0.25) is 0 Å². The standard InChI is InChI=1S/C30H34FN5O3/c1-4-5-18-38-22-10-11-23(24(19-22)37-3)26-33-34-27(36(26)2)29-12-15-30(16-13-29,17-14-29)28-32-25(35-39-28)20-6-8-21(31)9-7-20/h6-11,19H,4-5,12-18H2,1-3H3. The zero-order valence-corrected chi connectivity index (χ0v) is 22.7. The van der Waals surface area contributed by atoms with Crippen LogP contribution in [0.1, 0.15) is 70.0 Å². The smallest absolute Gasteiger partial charge is 0.233 e. The van der Waals surface area contributed by atoms with Gasteiger partial charge in [0.05, 0.1) is 19.3 Å². The van der Waals surface area contributed by atoms with Crippen molar-refractivity contribution in [3.8, 4) is 34.3 Å². The lowest BCUT2D eigenvalue weighted by atomic mass is 9.53. The molecule has 0 aliphatic heterocycles. The van der Waals surface area contributed by atoms with E-state index in [2.05, 4.69) is 21.7 Å². The summed E-state index contributed by atoms with van der Waals surface area (Å²) in [5.41, 5.74) is 1.51. The van der Waals surface area contributed by atoms with Gasteiger partial charge in [-0.1, -0.05) is 18.5 Å². The van der Waals surface area contributed by atoms with Gasteiger partial charge in [0, 0.05) is 29.5 Å². The Morgan fingerprint density at radius 2 is 1.69 bits per heavy atom. The predicted molar refractivity (Wildman–Crippen MR) is 144 cm³/mol. The number of unbranched alkanes of at least 4 members (excludes halogenated alkanes) is 1. The molecule has 3 aliphatic carbocycles. The molecule has 3 aliphatic rings. The number of hydrogen-bond acceptors (Lipinski definition) is 7. The number of rotatable bonds is 9. The van der Waals surface area contributed by atoms with Crippen LogP contribution in [0.5, 0.6) is 11.5 Å². The third kappa shape index (κ3) is 4.47. The van der Waals surface area contributed by atoms with E-state index in [-0.39, 0.29) is 16.6 Å². The van der Waals surface area contributed by atoms with Crippen LogP contribution in [-0.4, -0.2) is 38.6 Å². The lowest BCUT2D eigenvalue weighted by molar-refractivity contribution is 0.0689. The lowest BCUT2D eigenvalue weighted by Crippen LogP contribution is -2.47. The van der Waals surface area contributed by atoms with Gasteiger partial charge in [-0.25, -0.2) is 4.39 Å². The molecule has 7 rings (SSSR count). The molecule has 0 unspecified atom stereocenters. The van der Waals surface area contributed by atoms with Gasteiger partial charge in [-0.15, -0.1) is 10.2 Å². The highest BCUT2D eigenvalue weighted by Gasteiger charge is 2.54. The fraction of sp³-hybridized carbons (Fsp3) is 0.467. The van der Waals surface area contributed by atoms with E-state index < -0.39 is 0 Å². The molecule has 2 heterocycles. The Kier molecular flexibility index (Phi) is 6.61. The van der Waals surface area contributed by atoms with Gasteiger partial charge >= 0.3 is 0 Å². The maximum Gasteiger partial charge on any atom is 0.233 e. The molecule has 0 N–H and O–H groups in total. The number of aromatic nitrogens is 5. The molecule has 0 amide bonds. The molecule has 0 spiro atoms. The molecule has 0 saturated heterocycles. The maximum atomic E-state index is 13.3. The van der Waals surface area contributed by atoms with E-state index in [0.717, 1.165) is 85.6 Å². The number of halogens is 1. The van der Waals surface area contributed by atoms with Crippen molar-refractivity contribution in [3.63, 3.8) is 0 Å². The molecule has 2 aromatic carbocycles. The van der Waals surface area contributed by atoms with Crippen LogP contribution in [0.4, 0.5) is 4.39 Å². The quantitative estimate of drug-likeness (QED) is 0.231. The molecule has 9 heteroatoms. The predicted octanol–water partition coefficient (Wildman–Crippen LogP) is 6.40. The van der Waals surface area contributed by atoms with E-state index >= 15 is 0 Å².